The summed E-state index contributed by atoms with van der Waals surface area (Å²) in [6.45, 7) is 1.85. The average Bonchev–Trinajstić information content (AvgIpc) is 2.17. The van der Waals surface area contributed by atoms with Crippen molar-refractivity contribution in [3.8, 4) is 0 Å². The summed E-state index contributed by atoms with van der Waals surface area (Å²) in [5, 5.41) is 0. The molecule has 1 rings (SSSR count). The molecule has 0 heterocycles. The second kappa shape index (κ2) is 4.79. The number of hydrogen-bond acceptors (Lipinski definition) is 2. The van der Waals surface area contributed by atoms with E-state index in [9.17, 15) is 9.18 Å². The van der Waals surface area contributed by atoms with Crippen LogP contribution >= 0.6 is 0 Å². The lowest BCUT2D eigenvalue weighted by Gasteiger charge is -2.07. The highest BCUT2D eigenvalue weighted by molar-refractivity contribution is 6.32. The van der Waals surface area contributed by atoms with Gasteiger partial charge in [0.1, 0.15) is 7.85 Å². The predicted molar refractivity (Wildman–Crippen MR) is 55.1 cm³/mol. The van der Waals surface area contributed by atoms with Gasteiger partial charge in [0.2, 0.25) is 6.17 Å². The van der Waals surface area contributed by atoms with E-state index < -0.39 is 12.1 Å². The van der Waals surface area contributed by atoms with Crippen molar-refractivity contribution in [1.29, 1.82) is 0 Å². The molecule has 0 aromatic heterocycles. The monoisotopic (exact) mass is 194 g/mol. The molecule has 0 saturated carbocycles. The Balaban J connectivity index is 2.78. The number of ether oxygens (including phenoxy) is 1. The minimum atomic E-state index is -1.67. The van der Waals surface area contributed by atoms with Crippen LogP contribution < -0.4 is 5.46 Å². The molecule has 0 spiro atoms. The van der Waals surface area contributed by atoms with E-state index in [0.717, 1.165) is 5.46 Å². The van der Waals surface area contributed by atoms with E-state index in [2.05, 4.69) is 4.74 Å². The Labute approximate surface area is 83.5 Å². The molecule has 1 unspecified atom stereocenters. The number of carbonyl (C=O) groups excluding carboxylic acids is 1. The first kappa shape index (κ1) is 10.8. The Morgan fingerprint density at radius 2 is 2.36 bits per heavy atom. The summed E-state index contributed by atoms with van der Waals surface area (Å²) >= 11 is 0. The van der Waals surface area contributed by atoms with Gasteiger partial charge in [-0.25, -0.2) is 9.18 Å². The van der Waals surface area contributed by atoms with Gasteiger partial charge in [0.05, 0.1) is 6.61 Å². The third kappa shape index (κ3) is 2.59. The molecular formula is C10H12BFO2. The number of halogens is 1. The second-order valence-electron chi connectivity index (χ2n) is 3.03. The van der Waals surface area contributed by atoms with Gasteiger partial charge in [-0.2, -0.15) is 0 Å². The summed E-state index contributed by atoms with van der Waals surface area (Å²) in [4.78, 5) is 11.1. The maximum Gasteiger partial charge on any atom is 0.345 e. The summed E-state index contributed by atoms with van der Waals surface area (Å²) in [6, 6.07) is 6.79. The Morgan fingerprint density at radius 3 is 2.93 bits per heavy atom. The molecule has 0 amide bonds. The minimum absolute atomic E-state index is 0.199. The zero-order valence-electron chi connectivity index (χ0n) is 8.29. The highest BCUT2D eigenvalue weighted by atomic mass is 19.1. The van der Waals surface area contributed by atoms with E-state index in [0.29, 0.717) is 5.56 Å². The van der Waals surface area contributed by atoms with Gasteiger partial charge >= 0.3 is 5.97 Å². The molecule has 1 aromatic carbocycles. The van der Waals surface area contributed by atoms with Crippen LogP contribution in [0.4, 0.5) is 4.39 Å². The molecule has 1 aromatic rings. The van der Waals surface area contributed by atoms with Crippen LogP contribution in [0.2, 0.25) is 0 Å². The second-order valence-corrected chi connectivity index (χ2v) is 3.03. The average molecular weight is 194 g/mol. The van der Waals surface area contributed by atoms with Crippen molar-refractivity contribution < 1.29 is 13.9 Å². The third-order valence-corrected chi connectivity index (χ3v) is 1.83. The maximum absolute atomic E-state index is 13.4. The fourth-order valence-electron chi connectivity index (χ4n) is 1.18. The molecule has 14 heavy (non-hydrogen) atoms. The Hall–Kier alpha value is -1.32. The van der Waals surface area contributed by atoms with Gasteiger partial charge in [-0.3, -0.25) is 0 Å². The van der Waals surface area contributed by atoms with E-state index in [4.69, 9.17) is 0 Å². The summed E-state index contributed by atoms with van der Waals surface area (Å²) in [5.74, 6) is -0.821. The van der Waals surface area contributed by atoms with Crippen LogP contribution in [0.1, 0.15) is 18.7 Å². The van der Waals surface area contributed by atoms with Gasteiger partial charge in [0.25, 0.3) is 0 Å². The zero-order chi connectivity index (χ0) is 10.6. The quantitative estimate of drug-likeness (QED) is 0.517. The fourth-order valence-corrected chi connectivity index (χ4v) is 1.18. The van der Waals surface area contributed by atoms with Crippen molar-refractivity contribution in [2.24, 2.45) is 0 Å². The molecule has 2 nitrogen and oxygen atoms in total. The van der Waals surface area contributed by atoms with Gasteiger partial charge in [0.15, 0.2) is 0 Å². The number of rotatable bonds is 3. The van der Waals surface area contributed by atoms with E-state index in [1.165, 1.54) is 0 Å². The topological polar surface area (TPSA) is 26.3 Å². The number of benzene rings is 1. The van der Waals surface area contributed by atoms with E-state index in [1.54, 1.807) is 25.1 Å². The number of alkyl halides is 1. The van der Waals surface area contributed by atoms with Crippen LogP contribution in [0.15, 0.2) is 24.3 Å². The molecule has 0 aliphatic heterocycles. The van der Waals surface area contributed by atoms with E-state index >= 15 is 0 Å². The predicted octanol–water partition coefficient (Wildman–Crippen LogP) is 0.519. The van der Waals surface area contributed by atoms with Crippen LogP contribution in [0, 0.1) is 0 Å². The van der Waals surface area contributed by atoms with Gasteiger partial charge in [0, 0.05) is 0 Å². The summed E-state index contributed by atoms with van der Waals surface area (Å²) in [5.41, 5.74) is 1.28. The first-order chi connectivity index (χ1) is 6.65. The molecule has 0 N–H and O–H groups in total. The number of hydrogen-bond donors (Lipinski definition) is 0. The molecule has 0 radical (unpaired) electrons. The SMILES string of the molecule is Bc1cccc(C(F)C(=O)OCC)c1. The van der Waals surface area contributed by atoms with Gasteiger partial charge in [-0.15, -0.1) is 0 Å². The Morgan fingerprint density at radius 1 is 1.64 bits per heavy atom. The molecule has 4 heteroatoms. The van der Waals surface area contributed by atoms with Crippen molar-refractivity contribution in [2.45, 2.75) is 13.1 Å². The van der Waals surface area contributed by atoms with Crippen molar-refractivity contribution in [3.63, 3.8) is 0 Å². The van der Waals surface area contributed by atoms with Crippen LogP contribution in [0.5, 0.6) is 0 Å². The van der Waals surface area contributed by atoms with E-state index in [1.807, 2.05) is 13.9 Å². The van der Waals surface area contributed by atoms with Gasteiger partial charge in [-0.1, -0.05) is 29.7 Å². The normalized spacial score (nSPS) is 12.1. The van der Waals surface area contributed by atoms with Crippen LogP contribution in [0.3, 0.4) is 0 Å². The lowest BCUT2D eigenvalue weighted by Crippen LogP contribution is -2.14. The first-order valence-electron chi connectivity index (χ1n) is 4.52. The molecular weight excluding hydrogens is 182 g/mol. The van der Waals surface area contributed by atoms with Crippen molar-refractivity contribution >= 4 is 19.3 Å². The lowest BCUT2D eigenvalue weighted by molar-refractivity contribution is -0.149. The molecule has 0 bridgehead atoms. The largest absolute Gasteiger partial charge is 0.464 e. The van der Waals surface area contributed by atoms with Gasteiger partial charge < -0.3 is 4.74 Å². The van der Waals surface area contributed by atoms with Crippen molar-refractivity contribution in [2.75, 3.05) is 6.61 Å². The van der Waals surface area contributed by atoms with Crippen LogP contribution in [-0.4, -0.2) is 20.4 Å². The molecule has 74 valence electrons. The summed E-state index contributed by atoms with van der Waals surface area (Å²) in [6.07, 6.45) is -1.67. The number of esters is 1. The first-order valence-corrected chi connectivity index (χ1v) is 4.52. The molecule has 0 aliphatic rings. The smallest absolute Gasteiger partial charge is 0.345 e. The number of carbonyl (C=O) groups is 1. The fraction of sp³-hybridized carbons (Fsp3) is 0.300. The highest BCUT2D eigenvalue weighted by Gasteiger charge is 2.20. The lowest BCUT2D eigenvalue weighted by atomic mass is 9.93. The van der Waals surface area contributed by atoms with Crippen LogP contribution in [0.25, 0.3) is 0 Å². The standard InChI is InChI=1S/C10H12BFO2/c1-2-14-10(13)9(12)7-4-3-5-8(11)6-7/h3-6,9H,2,11H2,1H3. The summed E-state index contributed by atoms with van der Waals surface area (Å²) < 4.78 is 18.0. The summed E-state index contributed by atoms with van der Waals surface area (Å²) in [7, 11) is 1.85. The van der Waals surface area contributed by atoms with Gasteiger partial charge in [-0.05, 0) is 12.5 Å². The van der Waals surface area contributed by atoms with Crippen LogP contribution in [-0.2, 0) is 9.53 Å². The Bertz CT molecular complexity index is 328. The molecule has 1 atom stereocenters. The third-order valence-electron chi connectivity index (χ3n) is 1.83. The molecule has 0 aliphatic carbocycles. The zero-order valence-corrected chi connectivity index (χ0v) is 8.29. The highest BCUT2D eigenvalue weighted by Crippen LogP contribution is 2.17. The van der Waals surface area contributed by atoms with Crippen molar-refractivity contribution in [1.82, 2.24) is 0 Å². The molecule has 0 fully saturated rings. The maximum atomic E-state index is 13.4. The molecule has 0 saturated heterocycles. The minimum Gasteiger partial charge on any atom is -0.464 e. The Kier molecular flexibility index (Phi) is 3.68. The van der Waals surface area contributed by atoms with E-state index in [-0.39, 0.29) is 6.61 Å². The van der Waals surface area contributed by atoms with Crippen molar-refractivity contribution in [3.05, 3.63) is 29.8 Å².